The average Bonchev–Trinajstić information content (AvgIpc) is 2.39. The number of rotatable bonds is 4. The molecule has 98 valence electrons. The molecular weight excluding hydrogens is 218 g/mol. The van der Waals surface area contributed by atoms with Crippen molar-refractivity contribution < 1.29 is 4.48 Å². The summed E-state index contributed by atoms with van der Waals surface area (Å²) in [6.45, 7) is 4.98. The van der Waals surface area contributed by atoms with Crippen LogP contribution in [-0.2, 0) is 6.54 Å². The van der Waals surface area contributed by atoms with E-state index in [1.165, 1.54) is 43.2 Å². The summed E-state index contributed by atoms with van der Waals surface area (Å²) in [5, 5.41) is 0. The zero-order valence-corrected chi connectivity index (χ0v) is 11.9. The molecule has 1 aromatic carbocycles. The predicted octanol–water partition coefficient (Wildman–Crippen LogP) is 4.24. The van der Waals surface area contributed by atoms with Crippen LogP contribution in [-0.4, -0.2) is 24.6 Å². The van der Waals surface area contributed by atoms with E-state index in [-0.39, 0.29) is 0 Å². The zero-order chi connectivity index (χ0) is 13.0. The Hall–Kier alpha value is -1.08. The Kier molecular flexibility index (Phi) is 4.23. The third-order valence-corrected chi connectivity index (χ3v) is 4.34. The van der Waals surface area contributed by atoms with E-state index in [1.54, 1.807) is 0 Å². The standard InChI is InChI=1S/C17H26N/c1-4-15-9-8-10-16(13-15)14-18(2,3)17-11-6-5-7-12-17/h4,8-10,13,17H,1,5-7,11-12,14H2,2-3H3/q+1. The molecule has 0 N–H and O–H groups in total. The van der Waals surface area contributed by atoms with Crippen molar-refractivity contribution in [1.82, 2.24) is 0 Å². The van der Waals surface area contributed by atoms with Crippen LogP contribution >= 0.6 is 0 Å². The fourth-order valence-corrected chi connectivity index (χ4v) is 3.20. The van der Waals surface area contributed by atoms with Gasteiger partial charge in [-0.25, -0.2) is 0 Å². The van der Waals surface area contributed by atoms with Gasteiger partial charge >= 0.3 is 0 Å². The minimum atomic E-state index is 0.839. The normalized spacial score (nSPS) is 17.7. The lowest BCUT2D eigenvalue weighted by Gasteiger charge is -2.40. The molecule has 1 nitrogen and oxygen atoms in total. The topological polar surface area (TPSA) is 0 Å². The summed E-state index contributed by atoms with van der Waals surface area (Å²) in [5.41, 5.74) is 2.67. The maximum atomic E-state index is 3.85. The molecule has 0 aliphatic heterocycles. The van der Waals surface area contributed by atoms with Crippen LogP contribution in [0.4, 0.5) is 0 Å². The summed E-state index contributed by atoms with van der Waals surface area (Å²) < 4.78 is 1.13. The van der Waals surface area contributed by atoms with E-state index >= 15 is 0 Å². The van der Waals surface area contributed by atoms with Gasteiger partial charge in [0, 0.05) is 5.56 Å². The van der Waals surface area contributed by atoms with E-state index in [0.717, 1.165) is 17.1 Å². The molecule has 18 heavy (non-hydrogen) atoms. The van der Waals surface area contributed by atoms with Gasteiger partial charge in [-0.15, -0.1) is 0 Å². The quantitative estimate of drug-likeness (QED) is 0.695. The predicted molar refractivity (Wildman–Crippen MR) is 79.2 cm³/mol. The Labute approximate surface area is 112 Å². The van der Waals surface area contributed by atoms with Gasteiger partial charge in [0.05, 0.1) is 20.1 Å². The van der Waals surface area contributed by atoms with Crippen molar-refractivity contribution in [3.05, 3.63) is 42.0 Å². The largest absolute Gasteiger partial charge is 0.322 e. The summed E-state index contributed by atoms with van der Waals surface area (Å²) >= 11 is 0. The number of hydrogen-bond donors (Lipinski definition) is 0. The van der Waals surface area contributed by atoms with E-state index in [1.807, 2.05) is 6.08 Å². The first-order valence-corrected chi connectivity index (χ1v) is 7.16. The van der Waals surface area contributed by atoms with Crippen LogP contribution in [0.25, 0.3) is 6.08 Å². The van der Waals surface area contributed by atoms with Crippen molar-refractivity contribution in [2.45, 2.75) is 44.7 Å². The molecule has 1 heteroatoms. The van der Waals surface area contributed by atoms with Crippen molar-refractivity contribution in [3.8, 4) is 0 Å². The molecule has 0 saturated heterocycles. The fraction of sp³-hybridized carbons (Fsp3) is 0.529. The molecule has 1 aliphatic rings. The maximum absolute atomic E-state index is 3.85. The van der Waals surface area contributed by atoms with Crippen LogP contribution in [0.3, 0.4) is 0 Å². The van der Waals surface area contributed by atoms with Gasteiger partial charge in [-0.3, -0.25) is 0 Å². The van der Waals surface area contributed by atoms with Crippen LogP contribution in [0, 0.1) is 0 Å². The number of nitrogens with zero attached hydrogens (tertiary/aromatic N) is 1. The molecule has 0 spiro atoms. The highest BCUT2D eigenvalue weighted by atomic mass is 15.3. The van der Waals surface area contributed by atoms with Crippen LogP contribution in [0.2, 0.25) is 0 Å². The molecule has 1 saturated carbocycles. The molecule has 1 aromatic rings. The zero-order valence-electron chi connectivity index (χ0n) is 11.9. The number of hydrogen-bond acceptors (Lipinski definition) is 0. The molecule has 0 atom stereocenters. The van der Waals surface area contributed by atoms with Crippen molar-refractivity contribution in [1.29, 1.82) is 0 Å². The van der Waals surface area contributed by atoms with E-state index < -0.39 is 0 Å². The second-order valence-electron chi connectivity index (χ2n) is 6.18. The first-order valence-electron chi connectivity index (χ1n) is 7.16. The Bertz CT molecular complexity index is 400. The van der Waals surface area contributed by atoms with E-state index in [9.17, 15) is 0 Å². The van der Waals surface area contributed by atoms with Crippen LogP contribution < -0.4 is 0 Å². The fourth-order valence-electron chi connectivity index (χ4n) is 3.20. The molecule has 0 bridgehead atoms. The van der Waals surface area contributed by atoms with Gasteiger partial charge in [-0.05, 0) is 37.3 Å². The second-order valence-corrected chi connectivity index (χ2v) is 6.18. The molecule has 0 unspecified atom stereocenters. The van der Waals surface area contributed by atoms with Gasteiger partial charge in [0.15, 0.2) is 0 Å². The highest BCUT2D eigenvalue weighted by molar-refractivity contribution is 5.47. The molecular formula is C17H26N+. The third kappa shape index (κ3) is 3.23. The Balaban J connectivity index is 2.07. The second kappa shape index (κ2) is 5.71. The first kappa shape index (κ1) is 13.4. The molecule has 0 amide bonds. The SMILES string of the molecule is C=Cc1cccc(C[N+](C)(C)C2CCCCC2)c1. The average molecular weight is 244 g/mol. The Morgan fingerprint density at radius 1 is 1.22 bits per heavy atom. The highest BCUT2D eigenvalue weighted by Gasteiger charge is 2.29. The van der Waals surface area contributed by atoms with Crippen molar-refractivity contribution in [2.75, 3.05) is 14.1 Å². The summed E-state index contributed by atoms with van der Waals surface area (Å²) in [5.74, 6) is 0. The summed E-state index contributed by atoms with van der Waals surface area (Å²) in [4.78, 5) is 0. The van der Waals surface area contributed by atoms with E-state index in [4.69, 9.17) is 0 Å². The van der Waals surface area contributed by atoms with Crippen LogP contribution in [0.15, 0.2) is 30.8 Å². The van der Waals surface area contributed by atoms with Crippen molar-refractivity contribution in [2.24, 2.45) is 0 Å². The van der Waals surface area contributed by atoms with Gasteiger partial charge < -0.3 is 4.48 Å². The lowest BCUT2D eigenvalue weighted by atomic mass is 9.92. The molecule has 0 aromatic heterocycles. The van der Waals surface area contributed by atoms with E-state index in [0.29, 0.717) is 0 Å². The molecule has 1 aliphatic carbocycles. The van der Waals surface area contributed by atoms with Gasteiger partial charge in [0.2, 0.25) is 0 Å². The maximum Gasteiger partial charge on any atom is 0.104 e. The smallest absolute Gasteiger partial charge is 0.104 e. The van der Waals surface area contributed by atoms with Crippen molar-refractivity contribution in [3.63, 3.8) is 0 Å². The number of quaternary nitrogens is 1. The Morgan fingerprint density at radius 2 is 1.94 bits per heavy atom. The van der Waals surface area contributed by atoms with Gasteiger partial charge in [0.25, 0.3) is 0 Å². The third-order valence-electron chi connectivity index (χ3n) is 4.34. The first-order chi connectivity index (χ1) is 8.62. The highest BCUT2D eigenvalue weighted by Crippen LogP contribution is 2.27. The summed E-state index contributed by atoms with van der Waals surface area (Å²) in [6, 6.07) is 9.63. The summed E-state index contributed by atoms with van der Waals surface area (Å²) in [6.07, 6.45) is 8.99. The van der Waals surface area contributed by atoms with Gasteiger partial charge in [0.1, 0.15) is 6.54 Å². The molecule has 2 rings (SSSR count). The molecule has 0 heterocycles. The number of benzene rings is 1. The lowest BCUT2D eigenvalue weighted by molar-refractivity contribution is -0.929. The monoisotopic (exact) mass is 244 g/mol. The minimum Gasteiger partial charge on any atom is -0.322 e. The van der Waals surface area contributed by atoms with Gasteiger partial charge in [-0.2, -0.15) is 0 Å². The van der Waals surface area contributed by atoms with Crippen LogP contribution in [0.5, 0.6) is 0 Å². The summed E-state index contributed by atoms with van der Waals surface area (Å²) in [7, 11) is 4.77. The van der Waals surface area contributed by atoms with Crippen molar-refractivity contribution >= 4 is 6.08 Å². The van der Waals surface area contributed by atoms with Gasteiger partial charge in [-0.1, -0.05) is 37.3 Å². The van der Waals surface area contributed by atoms with Crippen LogP contribution in [0.1, 0.15) is 43.2 Å². The molecule has 0 radical (unpaired) electrons. The molecule has 1 fully saturated rings. The minimum absolute atomic E-state index is 0.839. The van der Waals surface area contributed by atoms with E-state index in [2.05, 4.69) is 44.9 Å². The lowest BCUT2D eigenvalue weighted by Crippen LogP contribution is -2.48. The Morgan fingerprint density at radius 3 is 2.61 bits per heavy atom.